The molecule has 0 aliphatic heterocycles. The fourth-order valence-corrected chi connectivity index (χ4v) is 4.64. The SMILES string of the molecule is CCCCOc1ccc(C(=O)Oc2ccc(/C=N/NC(=O)C(CC)Oc3ccc4ccccc4c3Br)cc2OC)cc1. The minimum atomic E-state index is -0.743. The van der Waals surface area contributed by atoms with Crippen LogP contribution in [-0.4, -0.2) is 37.9 Å². The molecule has 0 radical (unpaired) electrons. The van der Waals surface area contributed by atoms with Crippen LogP contribution in [0.4, 0.5) is 0 Å². The maximum Gasteiger partial charge on any atom is 0.343 e. The summed E-state index contributed by atoms with van der Waals surface area (Å²) in [5.41, 5.74) is 3.56. The fraction of sp³-hybridized carbons (Fsp3) is 0.242. The molecule has 0 saturated carbocycles. The summed E-state index contributed by atoms with van der Waals surface area (Å²) in [6.45, 7) is 4.59. The van der Waals surface area contributed by atoms with Gasteiger partial charge in [-0.2, -0.15) is 5.10 Å². The standard InChI is InChI=1S/C33H33BrN2O6/c1-4-6-19-40-25-15-12-24(13-16-25)33(38)42-28-17-11-22(20-30(28)39-3)21-35-36-32(37)27(5-2)41-29-18-14-23-9-7-8-10-26(23)31(29)34/h7-18,20-21,27H,4-6,19H2,1-3H3,(H,36,37)/b35-21+. The lowest BCUT2D eigenvalue weighted by Crippen LogP contribution is -2.35. The third-order valence-corrected chi connectivity index (χ3v) is 7.21. The summed E-state index contributed by atoms with van der Waals surface area (Å²) in [4.78, 5) is 25.5. The molecular weight excluding hydrogens is 600 g/mol. The van der Waals surface area contributed by atoms with Crippen molar-refractivity contribution >= 4 is 44.8 Å². The van der Waals surface area contributed by atoms with E-state index in [4.69, 9.17) is 18.9 Å². The highest BCUT2D eigenvalue weighted by Crippen LogP contribution is 2.34. The van der Waals surface area contributed by atoms with Gasteiger partial charge in [-0.25, -0.2) is 10.2 Å². The number of hydrogen-bond donors (Lipinski definition) is 1. The van der Waals surface area contributed by atoms with Crippen LogP contribution in [0.3, 0.4) is 0 Å². The van der Waals surface area contributed by atoms with Crippen molar-refractivity contribution in [2.24, 2.45) is 5.10 Å². The largest absolute Gasteiger partial charge is 0.494 e. The molecule has 1 N–H and O–H groups in total. The molecule has 9 heteroatoms. The average Bonchev–Trinajstić information content (AvgIpc) is 3.02. The van der Waals surface area contributed by atoms with Crippen molar-refractivity contribution < 1.29 is 28.5 Å². The van der Waals surface area contributed by atoms with E-state index in [0.29, 0.717) is 41.4 Å². The van der Waals surface area contributed by atoms with Crippen molar-refractivity contribution in [1.29, 1.82) is 0 Å². The second-order valence-electron chi connectivity index (χ2n) is 9.37. The van der Waals surface area contributed by atoms with E-state index in [-0.39, 0.29) is 11.7 Å². The predicted octanol–water partition coefficient (Wildman–Crippen LogP) is 7.32. The van der Waals surface area contributed by atoms with E-state index in [2.05, 4.69) is 33.4 Å². The molecule has 0 spiro atoms. The quantitative estimate of drug-likeness (QED) is 0.0545. The number of unbranched alkanes of at least 4 members (excludes halogenated alkanes) is 1. The van der Waals surface area contributed by atoms with Crippen molar-refractivity contribution in [3.8, 4) is 23.0 Å². The Morgan fingerprint density at radius 2 is 1.71 bits per heavy atom. The lowest BCUT2D eigenvalue weighted by Gasteiger charge is -2.17. The Hall–Kier alpha value is -4.37. The minimum Gasteiger partial charge on any atom is -0.494 e. The van der Waals surface area contributed by atoms with Gasteiger partial charge in [-0.3, -0.25) is 4.79 Å². The first-order chi connectivity index (χ1) is 20.4. The number of esters is 1. The van der Waals surface area contributed by atoms with Gasteiger partial charge in [0.15, 0.2) is 17.6 Å². The molecule has 0 aromatic heterocycles. The Kier molecular flexibility index (Phi) is 10.9. The third kappa shape index (κ3) is 7.88. The van der Waals surface area contributed by atoms with Crippen LogP contribution in [0.1, 0.15) is 49.0 Å². The Labute approximate surface area is 253 Å². The first-order valence-electron chi connectivity index (χ1n) is 13.7. The molecule has 4 rings (SSSR count). The van der Waals surface area contributed by atoms with E-state index < -0.39 is 12.1 Å². The van der Waals surface area contributed by atoms with E-state index in [1.165, 1.54) is 13.3 Å². The molecule has 1 amide bonds. The summed E-state index contributed by atoms with van der Waals surface area (Å²) in [5.74, 6) is 0.970. The lowest BCUT2D eigenvalue weighted by atomic mass is 10.1. The number of ether oxygens (including phenoxy) is 4. The summed E-state index contributed by atoms with van der Waals surface area (Å²) in [7, 11) is 1.48. The molecule has 0 heterocycles. The molecule has 0 bridgehead atoms. The van der Waals surface area contributed by atoms with Crippen LogP contribution >= 0.6 is 15.9 Å². The van der Waals surface area contributed by atoms with Gasteiger partial charge in [0, 0.05) is 0 Å². The smallest absolute Gasteiger partial charge is 0.343 e. The second-order valence-corrected chi connectivity index (χ2v) is 10.2. The summed E-state index contributed by atoms with van der Waals surface area (Å²) in [6.07, 6.45) is 3.19. The van der Waals surface area contributed by atoms with Crippen LogP contribution in [0, 0.1) is 0 Å². The molecule has 8 nitrogen and oxygen atoms in total. The number of halogens is 1. The Morgan fingerprint density at radius 1 is 0.952 bits per heavy atom. The van der Waals surface area contributed by atoms with Crippen molar-refractivity contribution in [1.82, 2.24) is 5.43 Å². The van der Waals surface area contributed by atoms with Gasteiger partial charge in [0.05, 0.1) is 30.0 Å². The van der Waals surface area contributed by atoms with Crippen LogP contribution in [0.25, 0.3) is 10.8 Å². The number of nitrogens with zero attached hydrogens (tertiary/aromatic N) is 1. The average molecular weight is 634 g/mol. The zero-order chi connectivity index (χ0) is 29.9. The maximum atomic E-state index is 12.8. The van der Waals surface area contributed by atoms with Crippen molar-refractivity contribution in [2.45, 2.75) is 39.2 Å². The number of benzene rings is 4. The topological polar surface area (TPSA) is 95.5 Å². The number of hydrogen-bond acceptors (Lipinski definition) is 7. The van der Waals surface area contributed by atoms with Crippen LogP contribution in [0.15, 0.2) is 88.4 Å². The highest BCUT2D eigenvalue weighted by Gasteiger charge is 2.20. The monoisotopic (exact) mass is 632 g/mol. The van der Waals surface area contributed by atoms with Crippen LogP contribution in [0.5, 0.6) is 23.0 Å². The number of fused-ring (bicyclic) bond motifs is 1. The molecule has 1 unspecified atom stereocenters. The van der Waals surface area contributed by atoms with Gasteiger partial charge in [-0.05, 0) is 93.6 Å². The van der Waals surface area contributed by atoms with E-state index >= 15 is 0 Å². The lowest BCUT2D eigenvalue weighted by molar-refractivity contribution is -0.128. The van der Waals surface area contributed by atoms with E-state index in [1.54, 1.807) is 42.5 Å². The first kappa shape index (κ1) is 30.6. The summed E-state index contributed by atoms with van der Waals surface area (Å²) in [5, 5.41) is 6.14. The molecule has 0 aliphatic carbocycles. The Bertz CT molecular complexity index is 1550. The second kappa shape index (κ2) is 15.0. The van der Waals surface area contributed by atoms with Gasteiger partial charge in [0.2, 0.25) is 0 Å². The van der Waals surface area contributed by atoms with Crippen LogP contribution < -0.4 is 24.4 Å². The molecule has 1 atom stereocenters. The number of methoxy groups -OCH3 is 1. The zero-order valence-electron chi connectivity index (χ0n) is 23.8. The van der Waals surface area contributed by atoms with E-state index in [1.807, 2.05) is 43.3 Å². The molecule has 0 aliphatic rings. The fourth-order valence-electron chi connectivity index (χ4n) is 4.05. The number of hydrazone groups is 1. The highest BCUT2D eigenvalue weighted by molar-refractivity contribution is 9.10. The molecule has 4 aromatic carbocycles. The molecule has 218 valence electrons. The predicted molar refractivity (Wildman–Crippen MR) is 167 cm³/mol. The molecular formula is C33H33BrN2O6. The summed E-state index contributed by atoms with van der Waals surface area (Å²) >= 11 is 3.60. The minimum absolute atomic E-state index is 0.257. The van der Waals surface area contributed by atoms with Gasteiger partial charge in [0.25, 0.3) is 5.91 Å². The number of carbonyl (C=O) groups excluding carboxylic acids is 2. The van der Waals surface area contributed by atoms with Gasteiger partial charge in [0.1, 0.15) is 11.5 Å². The number of carbonyl (C=O) groups is 2. The number of rotatable bonds is 13. The zero-order valence-corrected chi connectivity index (χ0v) is 25.3. The summed E-state index contributed by atoms with van der Waals surface area (Å²) < 4.78 is 23.4. The Morgan fingerprint density at radius 3 is 2.45 bits per heavy atom. The van der Waals surface area contributed by atoms with Crippen molar-refractivity contribution in [3.05, 3.63) is 94.5 Å². The third-order valence-electron chi connectivity index (χ3n) is 6.40. The van der Waals surface area contributed by atoms with Crippen LogP contribution in [-0.2, 0) is 4.79 Å². The normalized spacial score (nSPS) is 11.7. The molecule has 0 saturated heterocycles. The van der Waals surface area contributed by atoms with Crippen molar-refractivity contribution in [2.75, 3.05) is 13.7 Å². The highest BCUT2D eigenvalue weighted by atomic mass is 79.9. The van der Waals surface area contributed by atoms with E-state index in [9.17, 15) is 9.59 Å². The maximum absolute atomic E-state index is 12.8. The molecule has 4 aromatic rings. The first-order valence-corrected chi connectivity index (χ1v) is 14.5. The molecule has 0 fully saturated rings. The number of nitrogens with one attached hydrogen (secondary N) is 1. The van der Waals surface area contributed by atoms with Gasteiger partial charge in [-0.15, -0.1) is 0 Å². The number of amides is 1. The van der Waals surface area contributed by atoms with Gasteiger partial charge < -0.3 is 18.9 Å². The molecule has 42 heavy (non-hydrogen) atoms. The summed E-state index contributed by atoms with van der Waals surface area (Å²) in [6, 6.07) is 23.5. The van der Waals surface area contributed by atoms with Crippen LogP contribution in [0.2, 0.25) is 0 Å². The van der Waals surface area contributed by atoms with Gasteiger partial charge >= 0.3 is 5.97 Å². The van der Waals surface area contributed by atoms with Crippen molar-refractivity contribution in [3.63, 3.8) is 0 Å². The van der Waals surface area contributed by atoms with Gasteiger partial charge in [-0.1, -0.05) is 50.6 Å². The Balaban J connectivity index is 1.35. The van der Waals surface area contributed by atoms with E-state index in [0.717, 1.165) is 28.1 Å².